The molecule has 0 aliphatic carbocycles. The van der Waals surface area contributed by atoms with Gasteiger partial charge in [0, 0.05) is 21.2 Å². The fourth-order valence-corrected chi connectivity index (χ4v) is 6.48. The van der Waals surface area contributed by atoms with Crippen LogP contribution in [0.2, 0.25) is 5.02 Å². The van der Waals surface area contributed by atoms with E-state index in [4.69, 9.17) is 11.6 Å². The average Bonchev–Trinajstić information content (AvgIpc) is 3.31. The van der Waals surface area contributed by atoms with Crippen molar-refractivity contribution >= 4 is 54.0 Å². The molecular formula is C22H12ClF2NO3S2. The van der Waals surface area contributed by atoms with Gasteiger partial charge in [0.05, 0.1) is 16.1 Å². The molecule has 2 heterocycles. The van der Waals surface area contributed by atoms with Crippen LogP contribution in [0.3, 0.4) is 0 Å². The van der Waals surface area contributed by atoms with Gasteiger partial charge in [0.2, 0.25) is 0 Å². The lowest BCUT2D eigenvalue weighted by Crippen LogP contribution is -2.15. The molecule has 0 aliphatic heterocycles. The number of benzene rings is 3. The Balaban J connectivity index is 1.87. The Labute approximate surface area is 184 Å². The highest BCUT2D eigenvalue weighted by atomic mass is 35.5. The minimum Gasteiger partial charge on any atom is -0.504 e. The van der Waals surface area contributed by atoms with Crippen LogP contribution < -0.4 is 0 Å². The molecule has 4 nitrogen and oxygen atoms in total. The number of nitrogens with zero attached hydrogens (tertiary/aromatic N) is 1. The Morgan fingerprint density at radius 2 is 1.71 bits per heavy atom. The summed E-state index contributed by atoms with van der Waals surface area (Å²) in [5.74, 6) is -3.61. The fourth-order valence-electron chi connectivity index (χ4n) is 3.54. The van der Waals surface area contributed by atoms with E-state index in [-0.39, 0.29) is 5.52 Å². The van der Waals surface area contributed by atoms with Crippen molar-refractivity contribution in [2.24, 2.45) is 0 Å². The van der Waals surface area contributed by atoms with Gasteiger partial charge in [-0.2, -0.15) is 0 Å². The summed E-state index contributed by atoms with van der Waals surface area (Å²) in [6.07, 6.45) is 0. The largest absolute Gasteiger partial charge is 0.504 e. The number of fused-ring (bicyclic) bond motifs is 2. The van der Waals surface area contributed by atoms with Crippen molar-refractivity contribution in [3.8, 4) is 16.3 Å². The molecule has 31 heavy (non-hydrogen) atoms. The number of phenolic OH excluding ortho intramolecular Hbond substituents is 1. The molecule has 0 fully saturated rings. The van der Waals surface area contributed by atoms with E-state index in [1.165, 1.54) is 23.5 Å². The summed E-state index contributed by atoms with van der Waals surface area (Å²) in [4.78, 5) is -0.228. The third-order valence-electron chi connectivity index (χ3n) is 4.91. The number of halogens is 3. The normalized spacial score (nSPS) is 12.1. The first kappa shape index (κ1) is 20.0. The van der Waals surface area contributed by atoms with Crippen LogP contribution >= 0.6 is 22.9 Å². The van der Waals surface area contributed by atoms with Crippen LogP contribution in [0, 0.1) is 11.6 Å². The Morgan fingerprint density at radius 3 is 2.48 bits per heavy atom. The second-order valence-electron chi connectivity index (χ2n) is 6.88. The molecule has 5 rings (SSSR count). The first-order valence-corrected chi connectivity index (χ1v) is 11.6. The van der Waals surface area contributed by atoms with Crippen molar-refractivity contribution in [3.63, 3.8) is 0 Å². The van der Waals surface area contributed by atoms with Crippen LogP contribution in [-0.2, 0) is 10.0 Å². The number of hydrogen-bond acceptors (Lipinski definition) is 4. The van der Waals surface area contributed by atoms with Crippen molar-refractivity contribution < 1.29 is 22.3 Å². The van der Waals surface area contributed by atoms with Gasteiger partial charge in [-0.3, -0.25) is 0 Å². The van der Waals surface area contributed by atoms with E-state index in [0.717, 1.165) is 14.1 Å². The monoisotopic (exact) mass is 475 g/mol. The van der Waals surface area contributed by atoms with Crippen LogP contribution in [0.15, 0.2) is 71.6 Å². The van der Waals surface area contributed by atoms with Gasteiger partial charge in [0.15, 0.2) is 11.6 Å². The minimum atomic E-state index is -4.58. The third-order valence-corrected chi connectivity index (χ3v) is 8.02. The van der Waals surface area contributed by atoms with E-state index in [1.807, 2.05) is 30.3 Å². The highest BCUT2D eigenvalue weighted by Crippen LogP contribution is 2.40. The molecule has 0 spiro atoms. The predicted molar refractivity (Wildman–Crippen MR) is 118 cm³/mol. The molecule has 0 saturated heterocycles. The van der Waals surface area contributed by atoms with Crippen molar-refractivity contribution in [1.29, 1.82) is 0 Å². The minimum absolute atomic E-state index is 0.265. The lowest BCUT2D eigenvalue weighted by molar-refractivity contribution is 0.411. The Hall–Kier alpha value is -2.94. The molecule has 9 heteroatoms. The van der Waals surface area contributed by atoms with E-state index < -0.39 is 32.3 Å². The summed E-state index contributed by atoms with van der Waals surface area (Å²) in [7, 11) is -4.58. The van der Waals surface area contributed by atoms with Gasteiger partial charge < -0.3 is 5.11 Å². The van der Waals surface area contributed by atoms with Crippen molar-refractivity contribution in [2.45, 2.75) is 4.90 Å². The Kier molecular flexibility index (Phi) is 4.55. The fraction of sp³-hybridized carbons (Fsp3) is 0. The van der Waals surface area contributed by atoms with Gasteiger partial charge in [-0.05, 0) is 47.9 Å². The maximum Gasteiger partial charge on any atom is 0.272 e. The summed E-state index contributed by atoms with van der Waals surface area (Å²) in [6, 6.07) is 16.7. The SMILES string of the molecule is O=S(=O)(c1cc(F)cc(F)c1O)n1c(-c2cc3ccccc3s2)cc2cc(Cl)ccc21. The number of rotatable bonds is 3. The second-order valence-corrected chi connectivity index (χ2v) is 10.2. The molecule has 2 aromatic heterocycles. The maximum atomic E-state index is 14.0. The van der Waals surface area contributed by atoms with E-state index in [1.54, 1.807) is 12.1 Å². The van der Waals surface area contributed by atoms with Gasteiger partial charge in [-0.1, -0.05) is 29.8 Å². The molecule has 3 aromatic carbocycles. The smallest absolute Gasteiger partial charge is 0.272 e. The average molecular weight is 476 g/mol. The predicted octanol–water partition coefficient (Wildman–Crippen LogP) is 6.40. The third kappa shape index (κ3) is 3.18. The number of aromatic hydroxyl groups is 1. The van der Waals surface area contributed by atoms with E-state index in [0.29, 0.717) is 33.1 Å². The van der Waals surface area contributed by atoms with Gasteiger partial charge >= 0.3 is 0 Å². The topological polar surface area (TPSA) is 59.3 Å². The van der Waals surface area contributed by atoms with Crippen LogP contribution in [-0.4, -0.2) is 17.5 Å². The highest BCUT2D eigenvalue weighted by Gasteiger charge is 2.29. The van der Waals surface area contributed by atoms with Crippen LogP contribution in [0.25, 0.3) is 31.6 Å². The number of hydrogen-bond donors (Lipinski definition) is 1. The maximum absolute atomic E-state index is 14.0. The molecule has 156 valence electrons. The zero-order valence-corrected chi connectivity index (χ0v) is 17.9. The van der Waals surface area contributed by atoms with Crippen molar-refractivity contribution in [2.75, 3.05) is 0 Å². The van der Waals surface area contributed by atoms with Crippen molar-refractivity contribution in [3.05, 3.63) is 83.4 Å². The van der Waals surface area contributed by atoms with Crippen LogP contribution in [0.4, 0.5) is 8.78 Å². The first-order valence-electron chi connectivity index (χ1n) is 8.99. The summed E-state index contributed by atoms with van der Waals surface area (Å²) in [5.41, 5.74) is 0.559. The first-order chi connectivity index (χ1) is 14.8. The molecule has 1 N–H and O–H groups in total. The van der Waals surface area contributed by atoms with Gasteiger partial charge in [0.25, 0.3) is 10.0 Å². The lowest BCUT2D eigenvalue weighted by Gasteiger charge is -2.13. The Bertz CT molecular complexity index is 1570. The molecule has 0 unspecified atom stereocenters. The number of aromatic nitrogens is 1. The van der Waals surface area contributed by atoms with Crippen molar-refractivity contribution in [1.82, 2.24) is 3.97 Å². The van der Waals surface area contributed by atoms with Gasteiger partial charge in [-0.25, -0.2) is 21.2 Å². The molecule has 5 aromatic rings. The summed E-state index contributed by atoms with van der Waals surface area (Å²) in [5, 5.41) is 12.0. The summed E-state index contributed by atoms with van der Waals surface area (Å²) < 4.78 is 56.9. The van der Waals surface area contributed by atoms with E-state index in [2.05, 4.69) is 0 Å². The molecule has 0 radical (unpaired) electrons. The van der Waals surface area contributed by atoms with Gasteiger partial charge in [0.1, 0.15) is 10.7 Å². The summed E-state index contributed by atoms with van der Waals surface area (Å²) >= 11 is 7.47. The standard InChI is InChI=1S/C22H12ClF2NO3S2/c23-14-5-6-17-13(7-14)8-18(20-9-12-3-1-2-4-19(12)30-20)26(17)31(28,29)21-11-15(24)10-16(25)22(21)27/h1-11,27H. The number of phenols is 1. The second kappa shape index (κ2) is 7.05. The van der Waals surface area contributed by atoms with Crippen LogP contribution in [0.1, 0.15) is 0 Å². The van der Waals surface area contributed by atoms with E-state index >= 15 is 0 Å². The molecular weight excluding hydrogens is 464 g/mol. The molecule has 0 saturated carbocycles. The molecule has 0 atom stereocenters. The molecule has 0 aliphatic rings. The Morgan fingerprint density at radius 1 is 0.935 bits per heavy atom. The zero-order chi connectivity index (χ0) is 21.9. The zero-order valence-electron chi connectivity index (χ0n) is 15.5. The number of thiophene rings is 1. The molecule has 0 amide bonds. The quantitative estimate of drug-likeness (QED) is 0.328. The van der Waals surface area contributed by atoms with Gasteiger partial charge in [-0.15, -0.1) is 11.3 Å². The van der Waals surface area contributed by atoms with Crippen LogP contribution in [0.5, 0.6) is 5.75 Å². The summed E-state index contributed by atoms with van der Waals surface area (Å²) in [6.45, 7) is 0. The van der Waals surface area contributed by atoms with E-state index in [9.17, 15) is 22.3 Å². The lowest BCUT2D eigenvalue weighted by atomic mass is 10.2. The highest BCUT2D eigenvalue weighted by molar-refractivity contribution is 7.90. The molecule has 0 bridgehead atoms.